The van der Waals surface area contributed by atoms with E-state index in [0.29, 0.717) is 0 Å². The molecule has 10 aromatic rings. The van der Waals surface area contributed by atoms with E-state index in [9.17, 15) is 0 Å². The van der Waals surface area contributed by atoms with E-state index in [1.165, 1.54) is 116 Å². The first kappa shape index (κ1) is 39.9. The fourth-order valence-electron chi connectivity index (χ4n) is 12.4. The van der Waals surface area contributed by atoms with E-state index in [4.69, 9.17) is 4.42 Å². The fraction of sp³-hybridized carbons (Fsp3) is 0.279. The summed E-state index contributed by atoms with van der Waals surface area (Å²) in [5.74, 6) is 0. The lowest BCUT2D eigenvalue weighted by Crippen LogP contribution is -2.60. The van der Waals surface area contributed by atoms with Gasteiger partial charge in [0.25, 0.3) is 0 Å². The van der Waals surface area contributed by atoms with Crippen molar-refractivity contribution in [1.29, 1.82) is 0 Å². The molecule has 7 aromatic carbocycles. The highest BCUT2D eigenvalue weighted by Gasteiger charge is 2.48. The average molecular weight is 860 g/mol. The Kier molecular flexibility index (Phi) is 7.80. The molecule has 5 heterocycles. The van der Waals surface area contributed by atoms with Gasteiger partial charge < -0.3 is 18.4 Å². The molecule has 5 heteroatoms. The minimum atomic E-state index is -0.149. The third kappa shape index (κ3) is 5.29. The number of rotatable bonds is 2. The van der Waals surface area contributed by atoms with Crippen LogP contribution >= 0.6 is 0 Å². The van der Waals surface area contributed by atoms with Crippen LogP contribution in [0.1, 0.15) is 104 Å². The molecule has 0 saturated carbocycles. The fourth-order valence-corrected chi connectivity index (χ4v) is 12.4. The van der Waals surface area contributed by atoms with E-state index in [1.807, 2.05) is 0 Å². The molecule has 1 aliphatic carbocycles. The lowest BCUT2D eigenvalue weighted by atomic mass is 9.43. The van der Waals surface area contributed by atoms with Crippen LogP contribution in [0, 0.1) is 0 Å². The topological polar surface area (TPSA) is 26.2 Å². The Hall–Kier alpha value is -6.46. The number of aromatic nitrogens is 2. The summed E-state index contributed by atoms with van der Waals surface area (Å²) in [4.78, 5) is 2.73. The standard InChI is InChI=1S/C61H58BN3O/c1-58(2,3)37-21-24-39(25-22-37)65-49-33-44-43(60(7,8)27-28-61(44,9)10)32-42(49)54-55-56-52(53-40-19-15-16-20-51(40)66-57(53)54)41-31-38(59(4,5)6)23-26-46(41)64(56)50-34-48-36(29-45(50)62(55)65)30-47(63(48)11)35-17-13-12-14-18-35/h12-26,29-34H,27-28H2,1-11H3. The number of benzene rings is 7. The number of hydrogen-bond acceptors (Lipinski definition) is 2. The second-order valence-corrected chi connectivity index (χ2v) is 23.3. The molecule has 0 saturated heterocycles. The Bertz CT molecular complexity index is 3730. The minimum absolute atomic E-state index is 0.0183. The summed E-state index contributed by atoms with van der Waals surface area (Å²) >= 11 is 0. The van der Waals surface area contributed by atoms with Crippen LogP contribution in [0.15, 0.2) is 132 Å². The Morgan fingerprint density at radius 3 is 1.98 bits per heavy atom. The predicted molar refractivity (Wildman–Crippen MR) is 282 cm³/mol. The van der Waals surface area contributed by atoms with Crippen LogP contribution in [0.4, 0.5) is 11.4 Å². The van der Waals surface area contributed by atoms with Crippen LogP contribution in [-0.2, 0) is 28.7 Å². The van der Waals surface area contributed by atoms with Crippen LogP contribution in [0.3, 0.4) is 0 Å². The second-order valence-electron chi connectivity index (χ2n) is 23.3. The second kappa shape index (κ2) is 12.9. The predicted octanol–water partition coefficient (Wildman–Crippen LogP) is 15.0. The molecule has 0 atom stereocenters. The Morgan fingerprint density at radius 1 is 0.606 bits per heavy atom. The molecule has 3 aromatic heterocycles. The van der Waals surface area contributed by atoms with Crippen LogP contribution in [0.5, 0.6) is 0 Å². The molecule has 13 rings (SSSR count). The SMILES string of the molecule is Cn1c(-c2ccccc2)cc2cc3c(cc21)-n1c2ccc(C(C)(C)C)cc2c2c4c(oc5ccccc54)c4c(c21)B3N(c1ccc(C(C)(C)C)cc1)c1cc2c(cc1-4)C(C)(C)CCC2(C)C. The monoisotopic (exact) mass is 859 g/mol. The lowest BCUT2D eigenvalue weighted by Gasteiger charge is -2.46. The summed E-state index contributed by atoms with van der Waals surface area (Å²) in [6.45, 7) is 23.6. The third-order valence-electron chi connectivity index (χ3n) is 16.3. The maximum atomic E-state index is 7.37. The van der Waals surface area contributed by atoms with E-state index in [-0.39, 0.29) is 28.5 Å². The normalized spacial score (nSPS) is 16.2. The maximum absolute atomic E-state index is 7.37. The number of furan rings is 1. The number of fused-ring (bicyclic) bond motifs is 15. The molecule has 2 aliphatic heterocycles. The highest BCUT2D eigenvalue weighted by atomic mass is 16.3. The van der Waals surface area contributed by atoms with Crippen molar-refractivity contribution in [2.24, 2.45) is 7.05 Å². The number of para-hydroxylation sites is 1. The van der Waals surface area contributed by atoms with Gasteiger partial charge in [0.2, 0.25) is 0 Å². The quantitative estimate of drug-likeness (QED) is 0.162. The summed E-state index contributed by atoms with van der Waals surface area (Å²) in [5.41, 5.74) is 22.6. The van der Waals surface area contributed by atoms with Crippen molar-refractivity contribution in [1.82, 2.24) is 9.13 Å². The van der Waals surface area contributed by atoms with E-state index < -0.39 is 0 Å². The number of hydrogen-bond donors (Lipinski definition) is 0. The molecule has 0 fully saturated rings. The minimum Gasteiger partial charge on any atom is -0.455 e. The molecule has 3 aliphatic rings. The highest BCUT2D eigenvalue weighted by molar-refractivity contribution is 6.94. The zero-order valence-corrected chi connectivity index (χ0v) is 40.4. The molecule has 0 amide bonds. The van der Waals surface area contributed by atoms with Crippen molar-refractivity contribution in [2.75, 3.05) is 4.81 Å². The molecule has 0 spiro atoms. The van der Waals surface area contributed by atoms with Crippen molar-refractivity contribution in [3.63, 3.8) is 0 Å². The molecular weight excluding hydrogens is 802 g/mol. The van der Waals surface area contributed by atoms with E-state index in [1.54, 1.807) is 0 Å². The van der Waals surface area contributed by atoms with Gasteiger partial charge in [-0.15, -0.1) is 0 Å². The first-order valence-corrected chi connectivity index (χ1v) is 24.1. The summed E-state index contributed by atoms with van der Waals surface area (Å²) in [7, 11) is 2.23. The van der Waals surface area contributed by atoms with Crippen molar-refractivity contribution < 1.29 is 4.42 Å². The molecule has 0 unspecified atom stereocenters. The number of nitrogens with zero attached hydrogens (tertiary/aromatic N) is 3. The van der Waals surface area contributed by atoms with Crippen LogP contribution in [-0.4, -0.2) is 16.0 Å². The smallest absolute Gasteiger partial charge is 0.333 e. The van der Waals surface area contributed by atoms with Gasteiger partial charge in [-0.3, -0.25) is 0 Å². The van der Waals surface area contributed by atoms with Crippen LogP contribution in [0.2, 0.25) is 0 Å². The van der Waals surface area contributed by atoms with Gasteiger partial charge in [0.1, 0.15) is 11.2 Å². The Labute approximate surface area is 388 Å². The van der Waals surface area contributed by atoms with Gasteiger partial charge in [0.05, 0.1) is 16.6 Å². The molecular formula is C61H58BN3O. The van der Waals surface area contributed by atoms with Crippen LogP contribution < -0.4 is 15.7 Å². The van der Waals surface area contributed by atoms with Gasteiger partial charge in [-0.05, 0) is 133 Å². The van der Waals surface area contributed by atoms with Crippen molar-refractivity contribution in [3.8, 4) is 28.1 Å². The summed E-state index contributed by atoms with van der Waals surface area (Å²) < 4.78 is 12.4. The zero-order valence-electron chi connectivity index (χ0n) is 40.4. The van der Waals surface area contributed by atoms with Crippen molar-refractivity contribution in [3.05, 3.63) is 150 Å². The van der Waals surface area contributed by atoms with Crippen LogP contribution in [0.25, 0.3) is 82.7 Å². The largest absolute Gasteiger partial charge is 0.455 e. The van der Waals surface area contributed by atoms with Gasteiger partial charge in [-0.25, -0.2) is 0 Å². The summed E-state index contributed by atoms with van der Waals surface area (Å²) in [6, 6.07) is 49.1. The maximum Gasteiger partial charge on any atom is 0.333 e. The Morgan fingerprint density at radius 2 is 1.27 bits per heavy atom. The highest BCUT2D eigenvalue weighted by Crippen LogP contribution is 2.55. The van der Waals surface area contributed by atoms with Gasteiger partial charge in [-0.1, -0.05) is 142 Å². The molecule has 66 heavy (non-hydrogen) atoms. The molecule has 0 N–H and O–H groups in total. The molecule has 0 bridgehead atoms. The molecule has 0 radical (unpaired) electrons. The molecule has 4 nitrogen and oxygen atoms in total. The van der Waals surface area contributed by atoms with E-state index in [0.717, 1.165) is 24.0 Å². The number of aryl methyl sites for hydroxylation is 1. The zero-order chi connectivity index (χ0) is 45.6. The van der Waals surface area contributed by atoms with E-state index >= 15 is 0 Å². The van der Waals surface area contributed by atoms with Gasteiger partial charge in [0.15, 0.2) is 0 Å². The van der Waals surface area contributed by atoms with Gasteiger partial charge >= 0.3 is 6.85 Å². The summed E-state index contributed by atoms with van der Waals surface area (Å²) in [6.07, 6.45) is 2.30. The lowest BCUT2D eigenvalue weighted by molar-refractivity contribution is 0.332. The first-order valence-electron chi connectivity index (χ1n) is 24.1. The third-order valence-corrected chi connectivity index (χ3v) is 16.3. The number of anilines is 2. The average Bonchev–Trinajstić information content (AvgIpc) is 3.95. The van der Waals surface area contributed by atoms with Gasteiger partial charge in [-0.2, -0.15) is 0 Å². The van der Waals surface area contributed by atoms with Crippen molar-refractivity contribution >= 4 is 83.8 Å². The first-order chi connectivity index (χ1) is 31.4. The van der Waals surface area contributed by atoms with Gasteiger partial charge in [0, 0.05) is 62.5 Å². The summed E-state index contributed by atoms with van der Waals surface area (Å²) in [5, 5.41) is 6.20. The van der Waals surface area contributed by atoms with Crippen molar-refractivity contribution in [2.45, 2.75) is 104 Å². The Balaban J connectivity index is 1.27. The van der Waals surface area contributed by atoms with E-state index in [2.05, 4.69) is 218 Å². The molecule has 326 valence electrons.